The normalized spacial score (nSPS) is 21.0. The number of alkyl halides is 3. The number of aromatic nitrogens is 2. The van der Waals surface area contributed by atoms with Crippen LogP contribution in [0.15, 0.2) is 12.4 Å². The van der Waals surface area contributed by atoms with Gasteiger partial charge in [-0.3, -0.25) is 9.48 Å². The molecule has 0 bridgehead atoms. The molecule has 0 unspecified atom stereocenters. The molecule has 1 N–H and O–H groups in total. The summed E-state index contributed by atoms with van der Waals surface area (Å²) >= 11 is 0. The molecule has 10 heteroatoms. The minimum absolute atomic E-state index is 0. The second kappa shape index (κ2) is 8.03. The van der Waals surface area contributed by atoms with Crippen molar-refractivity contribution in [2.45, 2.75) is 12.7 Å². The number of amides is 1. The van der Waals surface area contributed by atoms with Crippen LogP contribution < -0.4 is 5.32 Å². The Balaban J connectivity index is 0.00000220. The van der Waals surface area contributed by atoms with E-state index >= 15 is 0 Å². The number of aryl methyl sites for hydroxylation is 1. The van der Waals surface area contributed by atoms with Gasteiger partial charge in [-0.1, -0.05) is 0 Å². The fourth-order valence-corrected chi connectivity index (χ4v) is 2.47. The zero-order valence-corrected chi connectivity index (χ0v) is 13.8. The Morgan fingerprint density at radius 3 is 2.59 bits per heavy atom. The Labute approximate surface area is 139 Å². The van der Waals surface area contributed by atoms with Gasteiger partial charge in [-0.15, -0.1) is 24.8 Å². The van der Waals surface area contributed by atoms with E-state index in [1.54, 1.807) is 24.1 Å². The predicted molar refractivity (Wildman–Crippen MR) is 80.1 cm³/mol. The van der Waals surface area contributed by atoms with Crippen molar-refractivity contribution >= 4 is 30.7 Å². The molecule has 0 spiro atoms. The zero-order chi connectivity index (χ0) is 14.9. The standard InChI is InChI=1S/C12H17F3N4O.2ClH/c1-18(6-8-3-17-19(2)7-8)11(20)9-4-16-5-10(9)12(13,14)15;;/h3,7,9-10,16H,4-6H2,1-2H3;2*1H/t9-,10-;;/m1../s1. The first-order valence-corrected chi connectivity index (χ1v) is 6.29. The van der Waals surface area contributed by atoms with Crippen molar-refractivity contribution in [3.63, 3.8) is 0 Å². The van der Waals surface area contributed by atoms with E-state index in [9.17, 15) is 18.0 Å². The molecule has 2 heterocycles. The lowest BCUT2D eigenvalue weighted by Crippen LogP contribution is -2.40. The lowest BCUT2D eigenvalue weighted by Gasteiger charge is -2.25. The van der Waals surface area contributed by atoms with Crippen molar-refractivity contribution in [2.24, 2.45) is 18.9 Å². The van der Waals surface area contributed by atoms with Crippen LogP contribution in [0, 0.1) is 11.8 Å². The molecule has 1 saturated heterocycles. The number of nitrogens with one attached hydrogen (secondary N) is 1. The Morgan fingerprint density at radius 1 is 1.45 bits per heavy atom. The molecule has 0 aliphatic carbocycles. The van der Waals surface area contributed by atoms with E-state index in [-0.39, 0.29) is 44.4 Å². The number of rotatable bonds is 3. The summed E-state index contributed by atoms with van der Waals surface area (Å²) in [5.41, 5.74) is 0.790. The monoisotopic (exact) mass is 362 g/mol. The number of halogens is 5. The van der Waals surface area contributed by atoms with Gasteiger partial charge < -0.3 is 10.2 Å². The molecule has 1 aromatic heterocycles. The van der Waals surface area contributed by atoms with Crippen molar-refractivity contribution in [3.8, 4) is 0 Å². The highest BCUT2D eigenvalue weighted by Crippen LogP contribution is 2.35. The van der Waals surface area contributed by atoms with Gasteiger partial charge in [-0.05, 0) is 0 Å². The highest BCUT2D eigenvalue weighted by atomic mass is 35.5. The number of carbonyl (C=O) groups excluding carboxylic acids is 1. The zero-order valence-electron chi connectivity index (χ0n) is 12.1. The first-order chi connectivity index (χ1) is 9.29. The first kappa shape index (κ1) is 21.0. The van der Waals surface area contributed by atoms with E-state index in [2.05, 4.69) is 10.4 Å². The van der Waals surface area contributed by atoms with Crippen LogP contribution in [-0.2, 0) is 18.4 Å². The third-order valence-electron chi connectivity index (χ3n) is 3.51. The third-order valence-corrected chi connectivity index (χ3v) is 3.51. The van der Waals surface area contributed by atoms with E-state index in [1.807, 2.05) is 0 Å². The molecular weight excluding hydrogens is 344 g/mol. The fraction of sp³-hybridized carbons (Fsp3) is 0.667. The molecule has 0 radical (unpaired) electrons. The van der Waals surface area contributed by atoms with Gasteiger partial charge in [0.15, 0.2) is 0 Å². The van der Waals surface area contributed by atoms with Crippen LogP contribution in [0.25, 0.3) is 0 Å². The molecule has 1 aliphatic rings. The molecule has 1 fully saturated rings. The van der Waals surface area contributed by atoms with Gasteiger partial charge in [-0.25, -0.2) is 0 Å². The second-order valence-electron chi connectivity index (χ2n) is 5.13. The van der Waals surface area contributed by atoms with E-state index in [0.717, 1.165) is 5.56 Å². The minimum Gasteiger partial charge on any atom is -0.341 e. The van der Waals surface area contributed by atoms with E-state index in [0.29, 0.717) is 0 Å². The van der Waals surface area contributed by atoms with Crippen LogP contribution in [0.3, 0.4) is 0 Å². The van der Waals surface area contributed by atoms with Gasteiger partial charge in [0, 0.05) is 45.5 Å². The number of carbonyl (C=O) groups is 1. The molecule has 0 saturated carbocycles. The van der Waals surface area contributed by atoms with Crippen LogP contribution in [0.1, 0.15) is 5.56 Å². The Kier molecular flexibility index (Phi) is 7.67. The van der Waals surface area contributed by atoms with Crippen molar-refractivity contribution in [1.82, 2.24) is 20.0 Å². The van der Waals surface area contributed by atoms with Gasteiger partial charge >= 0.3 is 6.18 Å². The summed E-state index contributed by atoms with van der Waals surface area (Å²) in [6, 6.07) is 0. The highest BCUT2D eigenvalue weighted by molar-refractivity contribution is 5.85. The van der Waals surface area contributed by atoms with Crippen molar-refractivity contribution in [3.05, 3.63) is 18.0 Å². The Bertz CT molecular complexity index is 495. The maximum atomic E-state index is 12.8. The van der Waals surface area contributed by atoms with Crippen LogP contribution in [-0.4, -0.2) is 46.9 Å². The summed E-state index contributed by atoms with van der Waals surface area (Å²) in [6.07, 6.45) is -1.02. The number of nitrogens with zero attached hydrogens (tertiary/aromatic N) is 3. The van der Waals surface area contributed by atoms with Crippen molar-refractivity contribution in [2.75, 3.05) is 20.1 Å². The molecule has 22 heavy (non-hydrogen) atoms. The Hall–Kier alpha value is -0.990. The van der Waals surface area contributed by atoms with Gasteiger partial charge in [0.1, 0.15) is 0 Å². The van der Waals surface area contributed by atoms with E-state index in [4.69, 9.17) is 0 Å². The highest BCUT2D eigenvalue weighted by Gasteiger charge is 2.50. The van der Waals surface area contributed by atoms with Gasteiger partial charge in [0.25, 0.3) is 0 Å². The lowest BCUT2D eigenvalue weighted by molar-refractivity contribution is -0.184. The summed E-state index contributed by atoms with van der Waals surface area (Å²) in [6.45, 7) is 0.134. The van der Waals surface area contributed by atoms with E-state index in [1.165, 1.54) is 11.9 Å². The summed E-state index contributed by atoms with van der Waals surface area (Å²) < 4.78 is 40.1. The summed E-state index contributed by atoms with van der Waals surface area (Å²) in [5, 5.41) is 6.62. The smallest absolute Gasteiger partial charge is 0.341 e. The maximum absolute atomic E-state index is 12.8. The number of hydrogen-bond acceptors (Lipinski definition) is 3. The SMILES string of the molecule is CN(Cc1cnn(C)c1)C(=O)[C@@H]1CNC[C@H]1C(F)(F)F.Cl.Cl. The molecule has 1 aromatic rings. The first-order valence-electron chi connectivity index (χ1n) is 6.29. The molecule has 2 atom stereocenters. The molecule has 1 aliphatic heterocycles. The van der Waals surface area contributed by atoms with Crippen molar-refractivity contribution in [1.29, 1.82) is 0 Å². The molecule has 1 amide bonds. The quantitative estimate of drug-likeness (QED) is 0.888. The summed E-state index contributed by atoms with van der Waals surface area (Å²) in [5.74, 6) is -3.14. The van der Waals surface area contributed by atoms with Gasteiger partial charge in [0.05, 0.1) is 18.0 Å². The largest absolute Gasteiger partial charge is 0.393 e. The second-order valence-corrected chi connectivity index (χ2v) is 5.13. The lowest BCUT2D eigenvalue weighted by atomic mass is 9.94. The molecule has 5 nitrogen and oxygen atoms in total. The predicted octanol–water partition coefficient (Wildman–Crippen LogP) is 1.62. The summed E-state index contributed by atoms with van der Waals surface area (Å²) in [7, 11) is 3.26. The number of hydrogen-bond donors (Lipinski definition) is 1. The van der Waals surface area contributed by atoms with Gasteiger partial charge in [0.2, 0.25) is 5.91 Å². The molecule has 2 rings (SSSR count). The maximum Gasteiger partial charge on any atom is 0.393 e. The van der Waals surface area contributed by atoms with Crippen LogP contribution in [0.4, 0.5) is 13.2 Å². The minimum atomic E-state index is -4.35. The van der Waals surface area contributed by atoms with Crippen LogP contribution in [0.5, 0.6) is 0 Å². The fourth-order valence-electron chi connectivity index (χ4n) is 2.47. The summed E-state index contributed by atoms with van der Waals surface area (Å²) in [4.78, 5) is 13.5. The van der Waals surface area contributed by atoms with Gasteiger partial charge in [-0.2, -0.15) is 18.3 Å². The van der Waals surface area contributed by atoms with Crippen LogP contribution >= 0.6 is 24.8 Å². The third kappa shape index (κ3) is 4.76. The van der Waals surface area contributed by atoms with Crippen molar-refractivity contribution < 1.29 is 18.0 Å². The van der Waals surface area contributed by atoms with E-state index < -0.39 is 23.9 Å². The molecule has 128 valence electrons. The van der Waals surface area contributed by atoms with Crippen LogP contribution in [0.2, 0.25) is 0 Å². The average Bonchev–Trinajstić information content (AvgIpc) is 2.96. The Morgan fingerprint density at radius 2 is 2.09 bits per heavy atom. The molecular formula is C12H19Cl2F3N4O. The topological polar surface area (TPSA) is 50.2 Å². The molecule has 0 aromatic carbocycles. The average molecular weight is 363 g/mol.